The fraction of sp³-hybridized carbons (Fsp3) is 0.556. The zero-order valence-electron chi connectivity index (χ0n) is 15.7. The lowest BCUT2D eigenvalue weighted by atomic mass is 9.97. The number of hydrogen-bond donors (Lipinski definition) is 1. The van der Waals surface area contributed by atoms with Gasteiger partial charge in [0, 0.05) is 25.7 Å². The molecule has 2 aromatic rings. The van der Waals surface area contributed by atoms with Gasteiger partial charge >= 0.3 is 0 Å². The Kier molecular flexibility index (Phi) is 6.85. The highest BCUT2D eigenvalue weighted by Gasteiger charge is 2.23. The van der Waals surface area contributed by atoms with Gasteiger partial charge in [-0.3, -0.25) is 4.79 Å². The number of ether oxygens (including phenoxy) is 3. The van der Waals surface area contributed by atoms with Gasteiger partial charge in [-0.05, 0) is 18.8 Å². The Morgan fingerprint density at radius 1 is 1.26 bits per heavy atom. The SMILES string of the molecule is COc1cc2nc(NCC3CCN(C(=O)CI)CC3)sc2c(OC)c1OC. The van der Waals surface area contributed by atoms with Crippen LogP contribution < -0.4 is 19.5 Å². The maximum absolute atomic E-state index is 11.8. The summed E-state index contributed by atoms with van der Waals surface area (Å²) in [5.74, 6) is 2.61. The fourth-order valence-corrected chi connectivity index (χ4v) is 4.76. The quantitative estimate of drug-likeness (QED) is 0.460. The summed E-state index contributed by atoms with van der Waals surface area (Å²) >= 11 is 3.68. The summed E-state index contributed by atoms with van der Waals surface area (Å²) in [5, 5.41) is 4.30. The van der Waals surface area contributed by atoms with Gasteiger partial charge < -0.3 is 24.4 Å². The Balaban J connectivity index is 1.69. The van der Waals surface area contributed by atoms with E-state index < -0.39 is 0 Å². The maximum atomic E-state index is 11.8. The minimum absolute atomic E-state index is 0.239. The van der Waals surface area contributed by atoms with Gasteiger partial charge in [0.15, 0.2) is 16.6 Å². The molecular weight excluding hydrogens is 481 g/mol. The van der Waals surface area contributed by atoms with Crippen molar-refractivity contribution in [1.82, 2.24) is 9.88 Å². The largest absolute Gasteiger partial charge is 0.493 e. The van der Waals surface area contributed by atoms with Crippen LogP contribution in [0.3, 0.4) is 0 Å². The lowest BCUT2D eigenvalue weighted by Crippen LogP contribution is -2.40. The van der Waals surface area contributed by atoms with E-state index in [2.05, 4.69) is 32.9 Å². The molecule has 1 aliphatic heterocycles. The van der Waals surface area contributed by atoms with Crippen molar-refractivity contribution in [3.63, 3.8) is 0 Å². The van der Waals surface area contributed by atoms with Gasteiger partial charge in [-0.15, -0.1) is 0 Å². The van der Waals surface area contributed by atoms with E-state index in [9.17, 15) is 4.79 Å². The van der Waals surface area contributed by atoms with Gasteiger partial charge in [0.1, 0.15) is 4.70 Å². The molecule has 0 aliphatic carbocycles. The zero-order valence-corrected chi connectivity index (χ0v) is 18.7. The number of likely N-dealkylation sites (tertiary alicyclic amines) is 1. The molecule has 148 valence electrons. The van der Waals surface area contributed by atoms with Crippen LogP contribution >= 0.6 is 33.9 Å². The average Bonchev–Trinajstić information content (AvgIpc) is 3.12. The number of alkyl halides is 1. The molecule has 27 heavy (non-hydrogen) atoms. The van der Waals surface area contributed by atoms with Gasteiger partial charge in [0.05, 0.1) is 31.3 Å². The first-order chi connectivity index (χ1) is 13.1. The molecule has 1 N–H and O–H groups in total. The van der Waals surface area contributed by atoms with Gasteiger partial charge in [-0.2, -0.15) is 0 Å². The van der Waals surface area contributed by atoms with E-state index in [1.165, 1.54) is 0 Å². The lowest BCUT2D eigenvalue weighted by molar-refractivity contribution is -0.129. The minimum atomic E-state index is 0.239. The van der Waals surface area contributed by atoms with E-state index in [4.69, 9.17) is 14.2 Å². The van der Waals surface area contributed by atoms with E-state index in [-0.39, 0.29) is 5.91 Å². The molecule has 0 atom stereocenters. The van der Waals surface area contributed by atoms with Crippen LogP contribution in [0.1, 0.15) is 12.8 Å². The number of carbonyl (C=O) groups is 1. The number of anilines is 1. The summed E-state index contributed by atoms with van der Waals surface area (Å²) in [6, 6.07) is 1.87. The Bertz CT molecular complexity index is 805. The molecule has 0 saturated carbocycles. The number of methoxy groups -OCH3 is 3. The summed E-state index contributed by atoms with van der Waals surface area (Å²) in [6.07, 6.45) is 2.04. The molecule has 1 fully saturated rings. The van der Waals surface area contributed by atoms with E-state index in [1.807, 2.05) is 11.0 Å². The number of halogens is 1. The second kappa shape index (κ2) is 9.13. The highest BCUT2D eigenvalue weighted by atomic mass is 127. The summed E-state index contributed by atoms with van der Waals surface area (Å²) < 4.78 is 17.9. The van der Waals surface area contributed by atoms with E-state index in [1.54, 1.807) is 32.7 Å². The maximum Gasteiger partial charge on any atom is 0.232 e. The van der Waals surface area contributed by atoms with Crippen molar-refractivity contribution in [3.05, 3.63) is 6.07 Å². The number of nitrogens with one attached hydrogen (secondary N) is 1. The van der Waals surface area contributed by atoms with E-state index in [0.717, 1.165) is 47.8 Å². The van der Waals surface area contributed by atoms with Crippen LogP contribution in [0.25, 0.3) is 10.2 Å². The van der Waals surface area contributed by atoms with Crippen molar-refractivity contribution in [1.29, 1.82) is 0 Å². The molecule has 1 aliphatic rings. The molecule has 7 nitrogen and oxygen atoms in total. The van der Waals surface area contributed by atoms with Crippen LogP contribution in [0, 0.1) is 5.92 Å². The van der Waals surface area contributed by atoms with E-state index in [0.29, 0.717) is 27.6 Å². The Morgan fingerprint density at radius 2 is 1.96 bits per heavy atom. The van der Waals surface area contributed by atoms with Crippen molar-refractivity contribution >= 4 is 55.2 Å². The first-order valence-electron chi connectivity index (χ1n) is 8.78. The molecule has 1 amide bonds. The predicted molar refractivity (Wildman–Crippen MR) is 116 cm³/mol. The van der Waals surface area contributed by atoms with Gasteiger partial charge in [-0.1, -0.05) is 33.9 Å². The highest BCUT2D eigenvalue weighted by molar-refractivity contribution is 14.1. The summed E-state index contributed by atoms with van der Waals surface area (Å²) in [5.41, 5.74) is 0.819. The summed E-state index contributed by atoms with van der Waals surface area (Å²) in [6.45, 7) is 2.54. The van der Waals surface area contributed by atoms with Crippen molar-refractivity contribution in [3.8, 4) is 17.2 Å². The van der Waals surface area contributed by atoms with Crippen molar-refractivity contribution in [2.75, 3.05) is 50.7 Å². The number of rotatable bonds is 7. The number of nitrogens with zero attached hydrogens (tertiary/aromatic N) is 2. The van der Waals surface area contributed by atoms with Crippen LogP contribution in [0.15, 0.2) is 6.07 Å². The topological polar surface area (TPSA) is 72.9 Å². The first-order valence-corrected chi connectivity index (χ1v) is 11.1. The smallest absolute Gasteiger partial charge is 0.232 e. The normalized spacial score (nSPS) is 15.0. The van der Waals surface area contributed by atoms with Crippen LogP contribution in [-0.4, -0.2) is 61.2 Å². The molecule has 2 heterocycles. The van der Waals surface area contributed by atoms with Crippen LogP contribution in [0.5, 0.6) is 17.2 Å². The third-order valence-electron chi connectivity index (χ3n) is 4.81. The number of thiazole rings is 1. The van der Waals surface area contributed by atoms with Crippen LogP contribution in [-0.2, 0) is 4.79 Å². The predicted octanol–water partition coefficient (Wildman–Crippen LogP) is 3.41. The Hall–Kier alpha value is -1.49. The highest BCUT2D eigenvalue weighted by Crippen LogP contribution is 2.46. The number of piperidine rings is 1. The molecule has 0 unspecified atom stereocenters. The molecule has 1 aromatic carbocycles. The van der Waals surface area contributed by atoms with Crippen molar-refractivity contribution in [2.24, 2.45) is 5.92 Å². The summed E-state index contributed by atoms with van der Waals surface area (Å²) in [4.78, 5) is 18.4. The monoisotopic (exact) mass is 505 g/mol. The minimum Gasteiger partial charge on any atom is -0.493 e. The lowest BCUT2D eigenvalue weighted by Gasteiger charge is -2.31. The number of hydrogen-bond acceptors (Lipinski definition) is 7. The second-order valence-corrected chi connectivity index (χ2v) is 8.11. The zero-order chi connectivity index (χ0) is 19.4. The Morgan fingerprint density at radius 3 is 2.56 bits per heavy atom. The average molecular weight is 505 g/mol. The van der Waals surface area contributed by atoms with Gasteiger partial charge in [0.2, 0.25) is 11.7 Å². The molecule has 3 rings (SSSR count). The molecule has 0 radical (unpaired) electrons. The van der Waals surface area contributed by atoms with E-state index >= 15 is 0 Å². The Labute approximate surface area is 176 Å². The first kappa shape index (κ1) is 20.2. The van der Waals surface area contributed by atoms with Crippen molar-refractivity contribution < 1.29 is 19.0 Å². The van der Waals surface area contributed by atoms with Gasteiger partial charge in [-0.25, -0.2) is 4.98 Å². The van der Waals surface area contributed by atoms with Crippen LogP contribution in [0.2, 0.25) is 0 Å². The number of benzene rings is 1. The molecule has 0 bridgehead atoms. The van der Waals surface area contributed by atoms with Crippen molar-refractivity contribution in [2.45, 2.75) is 12.8 Å². The third kappa shape index (κ3) is 4.34. The number of aromatic nitrogens is 1. The fourth-order valence-electron chi connectivity index (χ4n) is 3.31. The molecule has 1 aromatic heterocycles. The van der Waals surface area contributed by atoms with Gasteiger partial charge in [0.25, 0.3) is 0 Å². The molecule has 1 saturated heterocycles. The second-order valence-electron chi connectivity index (χ2n) is 6.35. The third-order valence-corrected chi connectivity index (χ3v) is 6.49. The number of fused-ring (bicyclic) bond motifs is 1. The number of amides is 1. The standard InChI is InChI=1S/C18H24IN3O4S/c1-24-13-8-12-17(16(26-3)15(13)25-2)27-18(21-12)20-10-11-4-6-22(7-5-11)14(23)9-19/h8,11H,4-7,9-10H2,1-3H3,(H,20,21). The molecule has 9 heteroatoms. The number of carbonyl (C=O) groups excluding carboxylic acids is 1. The molecular formula is C18H24IN3O4S. The molecule has 0 spiro atoms. The van der Waals surface area contributed by atoms with Crippen LogP contribution in [0.4, 0.5) is 5.13 Å². The summed E-state index contributed by atoms with van der Waals surface area (Å²) in [7, 11) is 4.82.